The second kappa shape index (κ2) is 6.04. The van der Waals surface area contributed by atoms with Crippen molar-refractivity contribution < 1.29 is 14.7 Å². The number of ketones is 2. The van der Waals surface area contributed by atoms with Gasteiger partial charge in [-0.3, -0.25) is 14.6 Å². The van der Waals surface area contributed by atoms with Gasteiger partial charge in [0.15, 0.2) is 5.78 Å². The molecular weight excluding hydrogens is 292 g/mol. The maximum Gasteiger partial charge on any atom is 0.228 e. The van der Waals surface area contributed by atoms with Crippen LogP contribution in [0, 0.1) is 6.92 Å². The molecule has 1 aliphatic rings. The molecule has 2 N–H and O–H groups in total. The molecule has 1 aliphatic carbocycles. The first-order valence-corrected chi connectivity index (χ1v) is 7.34. The van der Waals surface area contributed by atoms with Crippen LogP contribution >= 0.6 is 0 Å². The van der Waals surface area contributed by atoms with E-state index in [4.69, 9.17) is 0 Å². The summed E-state index contributed by atoms with van der Waals surface area (Å²) in [5.41, 5.74) is 2.56. The number of nitrogens with zero attached hydrogens (tertiary/aromatic N) is 1. The number of Topliss-reactive ketones (excluding diaryl/α,β-unsaturated/α-hetero) is 1. The van der Waals surface area contributed by atoms with Gasteiger partial charge in [0.1, 0.15) is 11.4 Å². The summed E-state index contributed by atoms with van der Waals surface area (Å²) in [4.78, 5) is 28.3. The molecule has 2 aromatic rings. The van der Waals surface area contributed by atoms with E-state index in [9.17, 15) is 14.7 Å². The zero-order valence-corrected chi connectivity index (χ0v) is 12.7. The average Bonchev–Trinajstić information content (AvgIpc) is 2.55. The first kappa shape index (κ1) is 15.0. The number of phenols is 1. The number of hydrogen-bond donors (Lipinski definition) is 2. The summed E-state index contributed by atoms with van der Waals surface area (Å²) in [6.45, 7) is 2.31. The summed E-state index contributed by atoms with van der Waals surface area (Å²) < 4.78 is 0. The van der Waals surface area contributed by atoms with Gasteiger partial charge < -0.3 is 10.4 Å². The summed E-state index contributed by atoms with van der Waals surface area (Å²) in [6.07, 6.45) is 3.45. The number of phenolic OH excluding ortho intramolecular Hbond substituents is 1. The fourth-order valence-corrected chi connectivity index (χ4v) is 2.47. The third kappa shape index (κ3) is 2.99. The van der Waals surface area contributed by atoms with Gasteiger partial charge in [0.05, 0.1) is 11.3 Å². The summed E-state index contributed by atoms with van der Waals surface area (Å²) in [6, 6.07) is 8.72. The van der Waals surface area contributed by atoms with E-state index in [1.165, 1.54) is 12.3 Å². The number of aryl methyl sites for hydroxylation is 1. The highest BCUT2D eigenvalue weighted by atomic mass is 16.3. The lowest BCUT2D eigenvalue weighted by Crippen LogP contribution is -2.29. The predicted molar refractivity (Wildman–Crippen MR) is 85.5 cm³/mol. The van der Waals surface area contributed by atoms with Crippen molar-refractivity contribution >= 4 is 11.6 Å². The molecule has 0 saturated carbocycles. The maximum atomic E-state index is 12.3. The molecule has 5 nitrogen and oxygen atoms in total. The van der Waals surface area contributed by atoms with Gasteiger partial charge >= 0.3 is 0 Å². The van der Waals surface area contributed by atoms with E-state index in [-0.39, 0.29) is 28.7 Å². The van der Waals surface area contributed by atoms with Crippen molar-refractivity contribution in [3.05, 3.63) is 70.7 Å². The Morgan fingerprint density at radius 2 is 2.04 bits per heavy atom. The molecule has 0 unspecified atom stereocenters. The topological polar surface area (TPSA) is 79.3 Å². The highest BCUT2D eigenvalue weighted by molar-refractivity contribution is 6.23. The van der Waals surface area contributed by atoms with Gasteiger partial charge in [0.25, 0.3) is 0 Å². The first-order chi connectivity index (χ1) is 11.1. The maximum absolute atomic E-state index is 12.3. The molecular formula is C18H16N2O3. The van der Waals surface area contributed by atoms with Crippen molar-refractivity contribution in [3.8, 4) is 5.75 Å². The van der Waals surface area contributed by atoms with Crippen LogP contribution in [0.25, 0.3) is 0 Å². The van der Waals surface area contributed by atoms with Gasteiger partial charge in [0, 0.05) is 18.8 Å². The Balaban J connectivity index is 1.68. The van der Waals surface area contributed by atoms with Crippen molar-refractivity contribution in [2.75, 3.05) is 6.54 Å². The summed E-state index contributed by atoms with van der Waals surface area (Å²) >= 11 is 0. The Kier molecular flexibility index (Phi) is 3.93. The van der Waals surface area contributed by atoms with E-state index < -0.39 is 0 Å². The lowest BCUT2D eigenvalue weighted by atomic mass is 9.97. The monoisotopic (exact) mass is 308 g/mol. The highest BCUT2D eigenvalue weighted by Gasteiger charge is 2.26. The minimum atomic E-state index is -0.271. The Hall–Kier alpha value is -2.95. The number of carbonyl (C=O) groups is 2. The molecule has 23 heavy (non-hydrogen) atoms. The van der Waals surface area contributed by atoms with E-state index in [2.05, 4.69) is 10.3 Å². The number of aromatic nitrogens is 1. The molecule has 0 radical (unpaired) electrons. The molecule has 0 saturated heterocycles. The first-order valence-electron chi connectivity index (χ1n) is 7.34. The largest absolute Gasteiger partial charge is 0.508 e. The summed E-state index contributed by atoms with van der Waals surface area (Å²) in [7, 11) is 0. The Labute approximate surface area is 133 Å². The van der Waals surface area contributed by atoms with Gasteiger partial charge in [-0.05, 0) is 42.7 Å². The predicted octanol–water partition coefficient (Wildman–Crippen LogP) is 2.19. The summed E-state index contributed by atoms with van der Waals surface area (Å²) in [5, 5.41) is 12.7. The van der Waals surface area contributed by atoms with E-state index in [1.54, 1.807) is 18.2 Å². The van der Waals surface area contributed by atoms with Gasteiger partial charge in [-0.15, -0.1) is 0 Å². The highest BCUT2D eigenvalue weighted by Crippen LogP contribution is 2.19. The number of aromatic hydroxyl groups is 1. The third-order valence-electron chi connectivity index (χ3n) is 3.81. The Morgan fingerprint density at radius 1 is 1.22 bits per heavy atom. The zero-order valence-electron chi connectivity index (χ0n) is 12.7. The van der Waals surface area contributed by atoms with Crippen LogP contribution in [-0.4, -0.2) is 28.2 Å². The van der Waals surface area contributed by atoms with E-state index in [0.717, 1.165) is 11.1 Å². The SMILES string of the molecule is Cc1ccc(CCNC2=CC(=O)c3cccnc3C2=O)cc1O. The van der Waals surface area contributed by atoms with Crippen molar-refractivity contribution in [1.82, 2.24) is 10.3 Å². The second-order valence-corrected chi connectivity index (χ2v) is 5.45. The van der Waals surface area contributed by atoms with Crippen LogP contribution in [0.5, 0.6) is 5.75 Å². The molecule has 5 heteroatoms. The standard InChI is InChI=1S/C18H16N2O3/c1-11-4-5-12(9-15(11)21)6-8-19-14-10-16(22)13-3-2-7-20-17(13)18(14)23/h2-5,7,9-10,19,21H,6,8H2,1H3. The molecule has 0 fully saturated rings. The number of rotatable bonds is 4. The second-order valence-electron chi connectivity index (χ2n) is 5.45. The molecule has 0 atom stereocenters. The van der Waals surface area contributed by atoms with Crippen LogP contribution in [0.2, 0.25) is 0 Å². The van der Waals surface area contributed by atoms with Crippen LogP contribution in [-0.2, 0) is 6.42 Å². The van der Waals surface area contributed by atoms with Crippen molar-refractivity contribution in [2.24, 2.45) is 0 Å². The van der Waals surface area contributed by atoms with E-state index in [0.29, 0.717) is 18.5 Å². The molecule has 0 aliphatic heterocycles. The number of nitrogens with one attached hydrogen (secondary N) is 1. The fourth-order valence-electron chi connectivity index (χ4n) is 2.47. The number of benzene rings is 1. The third-order valence-corrected chi connectivity index (χ3v) is 3.81. The van der Waals surface area contributed by atoms with Crippen LogP contribution in [0.15, 0.2) is 48.3 Å². The minimum Gasteiger partial charge on any atom is -0.508 e. The van der Waals surface area contributed by atoms with Crippen molar-refractivity contribution in [1.29, 1.82) is 0 Å². The van der Waals surface area contributed by atoms with Crippen molar-refractivity contribution in [3.63, 3.8) is 0 Å². The van der Waals surface area contributed by atoms with E-state index in [1.807, 2.05) is 19.1 Å². The lowest BCUT2D eigenvalue weighted by Gasteiger charge is -2.15. The fraction of sp³-hybridized carbons (Fsp3) is 0.167. The quantitative estimate of drug-likeness (QED) is 0.905. The number of hydrogen-bond acceptors (Lipinski definition) is 5. The Bertz CT molecular complexity index is 825. The molecule has 1 heterocycles. The van der Waals surface area contributed by atoms with Gasteiger partial charge in [0.2, 0.25) is 5.78 Å². The van der Waals surface area contributed by atoms with Crippen LogP contribution in [0.3, 0.4) is 0 Å². The minimum absolute atomic E-state index is 0.190. The summed E-state index contributed by atoms with van der Waals surface area (Å²) in [5.74, 6) is -0.237. The van der Waals surface area contributed by atoms with Crippen LogP contribution < -0.4 is 5.32 Å². The molecule has 3 rings (SSSR count). The number of allylic oxidation sites excluding steroid dienone is 2. The molecule has 1 aromatic carbocycles. The molecule has 1 aromatic heterocycles. The van der Waals surface area contributed by atoms with Gasteiger partial charge in [-0.1, -0.05) is 12.1 Å². The van der Waals surface area contributed by atoms with Gasteiger partial charge in [-0.25, -0.2) is 0 Å². The van der Waals surface area contributed by atoms with Crippen LogP contribution in [0.1, 0.15) is 32.0 Å². The number of fused-ring (bicyclic) bond motifs is 1. The average molecular weight is 308 g/mol. The normalized spacial score (nSPS) is 13.5. The van der Waals surface area contributed by atoms with E-state index >= 15 is 0 Å². The number of pyridine rings is 1. The molecule has 0 bridgehead atoms. The lowest BCUT2D eigenvalue weighted by molar-refractivity contribution is 0.0974. The zero-order chi connectivity index (χ0) is 16.4. The van der Waals surface area contributed by atoms with Gasteiger partial charge in [-0.2, -0.15) is 0 Å². The molecule has 116 valence electrons. The Morgan fingerprint density at radius 3 is 2.83 bits per heavy atom. The molecule has 0 amide bonds. The number of carbonyl (C=O) groups excluding carboxylic acids is 2. The smallest absolute Gasteiger partial charge is 0.228 e. The van der Waals surface area contributed by atoms with Crippen LogP contribution in [0.4, 0.5) is 0 Å². The molecule has 0 spiro atoms. The van der Waals surface area contributed by atoms with Crippen molar-refractivity contribution in [2.45, 2.75) is 13.3 Å².